The Morgan fingerprint density at radius 1 is 1.16 bits per heavy atom. The minimum absolute atomic E-state index is 0.293. The van der Waals surface area contributed by atoms with Crippen molar-refractivity contribution in [1.29, 1.82) is 0 Å². The van der Waals surface area contributed by atoms with Crippen molar-refractivity contribution in [2.75, 3.05) is 18.4 Å². The van der Waals surface area contributed by atoms with E-state index in [4.69, 9.17) is 0 Å². The first kappa shape index (κ1) is 16.1. The van der Waals surface area contributed by atoms with Crippen LogP contribution in [-0.4, -0.2) is 43.6 Å². The van der Waals surface area contributed by atoms with Gasteiger partial charge in [-0.05, 0) is 43.2 Å². The molecule has 0 aromatic carbocycles. The molecule has 0 bridgehead atoms. The van der Waals surface area contributed by atoms with Gasteiger partial charge in [0.1, 0.15) is 0 Å². The number of hydrogen-bond donors (Lipinski definition) is 1. The van der Waals surface area contributed by atoms with Gasteiger partial charge in [-0.25, -0.2) is 9.97 Å². The van der Waals surface area contributed by atoms with Crippen LogP contribution in [0, 0.1) is 11.8 Å². The van der Waals surface area contributed by atoms with Gasteiger partial charge in [-0.3, -0.25) is 9.48 Å². The second kappa shape index (κ2) is 7.21. The van der Waals surface area contributed by atoms with Gasteiger partial charge in [0.15, 0.2) is 0 Å². The number of nitrogens with zero attached hydrogens (tertiary/aromatic N) is 5. The van der Waals surface area contributed by atoms with Crippen molar-refractivity contribution in [2.45, 2.75) is 38.8 Å². The predicted octanol–water partition coefficient (Wildman–Crippen LogP) is 1.93. The summed E-state index contributed by atoms with van der Waals surface area (Å²) in [5.41, 5.74) is 1.13. The molecule has 25 heavy (non-hydrogen) atoms. The maximum Gasteiger partial charge on any atom is 0.223 e. The Morgan fingerprint density at radius 3 is 2.80 bits per heavy atom. The minimum Gasteiger partial charge on any atom is -0.354 e. The summed E-state index contributed by atoms with van der Waals surface area (Å²) in [6.45, 7) is 3.12. The molecule has 132 valence electrons. The van der Waals surface area contributed by atoms with E-state index in [1.807, 2.05) is 21.8 Å². The molecule has 1 amide bonds. The third-order valence-corrected chi connectivity index (χ3v) is 4.98. The van der Waals surface area contributed by atoms with Gasteiger partial charge in [0.25, 0.3) is 0 Å². The molecule has 2 aliphatic rings. The van der Waals surface area contributed by atoms with Crippen LogP contribution in [-0.2, 0) is 17.9 Å². The Morgan fingerprint density at radius 2 is 2.00 bits per heavy atom. The number of anilines is 1. The molecule has 2 aromatic rings. The lowest BCUT2D eigenvalue weighted by Crippen LogP contribution is -2.34. The molecule has 0 spiro atoms. The zero-order chi connectivity index (χ0) is 17.1. The minimum atomic E-state index is 0.293. The highest BCUT2D eigenvalue weighted by atomic mass is 16.2. The van der Waals surface area contributed by atoms with Crippen molar-refractivity contribution in [3.8, 4) is 0 Å². The summed E-state index contributed by atoms with van der Waals surface area (Å²) in [6, 6.07) is 3.83. The topological polar surface area (TPSA) is 75.9 Å². The number of rotatable bonds is 6. The lowest BCUT2D eigenvalue weighted by atomic mass is 10.0. The van der Waals surface area contributed by atoms with Crippen molar-refractivity contribution in [1.82, 2.24) is 24.6 Å². The smallest absolute Gasteiger partial charge is 0.223 e. The fourth-order valence-corrected chi connectivity index (χ4v) is 3.38. The first-order chi connectivity index (χ1) is 12.3. The molecule has 1 fully saturated rings. The van der Waals surface area contributed by atoms with E-state index in [2.05, 4.69) is 20.4 Å². The van der Waals surface area contributed by atoms with Gasteiger partial charge in [-0.1, -0.05) is 0 Å². The molecule has 1 atom stereocenters. The maximum absolute atomic E-state index is 12.6. The first-order valence-corrected chi connectivity index (χ1v) is 9.07. The average molecular weight is 340 g/mol. The van der Waals surface area contributed by atoms with Crippen LogP contribution in [0.4, 0.5) is 5.95 Å². The van der Waals surface area contributed by atoms with E-state index in [-0.39, 0.29) is 0 Å². The van der Waals surface area contributed by atoms with Gasteiger partial charge >= 0.3 is 0 Å². The van der Waals surface area contributed by atoms with Crippen molar-refractivity contribution >= 4 is 11.9 Å². The van der Waals surface area contributed by atoms with Crippen LogP contribution in [0.2, 0.25) is 0 Å². The highest BCUT2D eigenvalue weighted by Crippen LogP contribution is 2.33. The molecule has 7 heteroatoms. The zero-order valence-electron chi connectivity index (χ0n) is 14.3. The normalized spacial score (nSPS) is 20.0. The SMILES string of the molecule is O=C(CC1CC1)N1Cc2ccnn2C[C@H](CCNc2ncccn2)C1. The first-order valence-electron chi connectivity index (χ1n) is 9.07. The Kier molecular flexibility index (Phi) is 4.63. The van der Waals surface area contributed by atoms with Crippen molar-refractivity contribution in [2.24, 2.45) is 11.8 Å². The molecule has 1 aliphatic heterocycles. The third-order valence-electron chi connectivity index (χ3n) is 4.98. The lowest BCUT2D eigenvalue weighted by Gasteiger charge is -2.24. The number of carbonyl (C=O) groups is 1. The lowest BCUT2D eigenvalue weighted by molar-refractivity contribution is -0.132. The molecule has 0 radical (unpaired) electrons. The van der Waals surface area contributed by atoms with E-state index in [9.17, 15) is 4.79 Å². The molecule has 7 nitrogen and oxygen atoms in total. The van der Waals surface area contributed by atoms with Crippen LogP contribution >= 0.6 is 0 Å². The third kappa shape index (κ3) is 4.15. The molecule has 0 unspecified atom stereocenters. The van der Waals surface area contributed by atoms with Gasteiger partial charge in [0.05, 0.1) is 12.2 Å². The summed E-state index contributed by atoms with van der Waals surface area (Å²) in [7, 11) is 0. The van der Waals surface area contributed by atoms with Crippen molar-refractivity contribution < 1.29 is 4.79 Å². The summed E-state index contributed by atoms with van der Waals surface area (Å²) in [5, 5.41) is 7.69. The van der Waals surface area contributed by atoms with Crippen LogP contribution in [0.25, 0.3) is 0 Å². The van der Waals surface area contributed by atoms with E-state index < -0.39 is 0 Å². The summed E-state index contributed by atoms with van der Waals surface area (Å²) >= 11 is 0. The van der Waals surface area contributed by atoms with Gasteiger partial charge < -0.3 is 10.2 Å². The van der Waals surface area contributed by atoms with Gasteiger partial charge in [0.2, 0.25) is 11.9 Å². The molecule has 0 saturated heterocycles. The molecular formula is C18H24N6O. The molecule has 4 rings (SSSR count). The van der Waals surface area contributed by atoms with E-state index in [1.165, 1.54) is 12.8 Å². The largest absolute Gasteiger partial charge is 0.354 e. The standard InChI is InChI=1S/C18H24N6O/c25-17(10-14-2-3-14)23-11-15(12-24-16(13-23)5-9-22-24)4-8-21-18-19-6-1-7-20-18/h1,5-7,9,14-15H,2-4,8,10-13H2,(H,19,20,21)/t15-/m1/s1. The Balaban J connectivity index is 1.38. The quantitative estimate of drug-likeness (QED) is 0.870. The van der Waals surface area contributed by atoms with Crippen molar-refractivity contribution in [3.05, 3.63) is 36.4 Å². The van der Waals surface area contributed by atoms with Crippen LogP contribution < -0.4 is 5.32 Å². The van der Waals surface area contributed by atoms with E-state index in [0.29, 0.717) is 36.7 Å². The van der Waals surface area contributed by atoms with E-state index in [1.54, 1.807) is 18.5 Å². The second-order valence-electron chi connectivity index (χ2n) is 7.08. The average Bonchev–Trinajstić information content (AvgIpc) is 3.37. The van der Waals surface area contributed by atoms with E-state index in [0.717, 1.165) is 31.7 Å². The zero-order valence-corrected chi connectivity index (χ0v) is 14.3. The fourth-order valence-electron chi connectivity index (χ4n) is 3.38. The number of aromatic nitrogens is 4. The van der Waals surface area contributed by atoms with Crippen LogP contribution in [0.3, 0.4) is 0 Å². The van der Waals surface area contributed by atoms with Crippen LogP contribution in [0.5, 0.6) is 0 Å². The molecule has 1 aliphatic carbocycles. The number of hydrogen-bond acceptors (Lipinski definition) is 5. The number of nitrogens with one attached hydrogen (secondary N) is 1. The summed E-state index contributed by atoms with van der Waals surface area (Å²) in [4.78, 5) is 23.0. The van der Waals surface area contributed by atoms with Gasteiger partial charge in [-0.15, -0.1) is 0 Å². The van der Waals surface area contributed by atoms with Crippen LogP contribution in [0.1, 0.15) is 31.4 Å². The fraction of sp³-hybridized carbons (Fsp3) is 0.556. The second-order valence-corrected chi connectivity index (χ2v) is 7.08. The maximum atomic E-state index is 12.6. The Labute approximate surface area is 147 Å². The Bertz CT molecular complexity index is 711. The molecule has 3 heterocycles. The number of carbonyl (C=O) groups excluding carboxylic acids is 1. The van der Waals surface area contributed by atoms with Crippen molar-refractivity contribution in [3.63, 3.8) is 0 Å². The predicted molar refractivity (Wildman–Crippen MR) is 93.6 cm³/mol. The highest BCUT2D eigenvalue weighted by molar-refractivity contribution is 5.76. The Hall–Kier alpha value is -2.44. The van der Waals surface area contributed by atoms with Gasteiger partial charge in [-0.2, -0.15) is 5.10 Å². The molecular weight excluding hydrogens is 316 g/mol. The van der Waals surface area contributed by atoms with E-state index >= 15 is 0 Å². The molecule has 1 saturated carbocycles. The molecule has 1 N–H and O–H groups in total. The molecule has 2 aromatic heterocycles. The summed E-state index contributed by atoms with van der Waals surface area (Å²) in [5.74, 6) is 1.94. The highest BCUT2D eigenvalue weighted by Gasteiger charge is 2.30. The van der Waals surface area contributed by atoms with Gasteiger partial charge in [0, 0.05) is 44.6 Å². The van der Waals surface area contributed by atoms with Crippen LogP contribution in [0.15, 0.2) is 30.7 Å². The monoisotopic (exact) mass is 340 g/mol. The summed E-state index contributed by atoms with van der Waals surface area (Å²) < 4.78 is 2.05. The summed E-state index contributed by atoms with van der Waals surface area (Å²) in [6.07, 6.45) is 9.37. The number of amides is 1. The number of fused-ring (bicyclic) bond motifs is 1.